The second-order valence-corrected chi connectivity index (χ2v) is 8.71. The molecule has 4 rings (SSSR count). The summed E-state index contributed by atoms with van der Waals surface area (Å²) in [5.41, 5.74) is 1.26. The van der Waals surface area contributed by atoms with E-state index in [1.807, 2.05) is 0 Å². The molecule has 2 atom stereocenters. The number of amides is 1. The molecule has 1 heterocycles. The Bertz CT molecular complexity index is 1200. The summed E-state index contributed by atoms with van der Waals surface area (Å²) >= 11 is 6.10. The molecule has 1 N–H and O–H groups in total. The van der Waals surface area contributed by atoms with E-state index in [-0.39, 0.29) is 16.5 Å². The molecule has 0 bridgehead atoms. The molecule has 1 unspecified atom stereocenters. The zero-order chi connectivity index (χ0) is 24.6. The smallest absolute Gasteiger partial charge is 0.416 e. The Morgan fingerprint density at radius 3 is 2.50 bits per heavy atom. The molecule has 2 aliphatic rings. The molecule has 1 aliphatic heterocycles. The minimum atomic E-state index is -4.59. The van der Waals surface area contributed by atoms with Gasteiger partial charge in [0.15, 0.2) is 5.78 Å². The lowest BCUT2D eigenvalue weighted by Gasteiger charge is -2.35. The fourth-order valence-corrected chi connectivity index (χ4v) is 4.69. The van der Waals surface area contributed by atoms with Crippen molar-refractivity contribution in [3.8, 4) is 5.75 Å². The number of nitrogens with zero attached hydrogens (tertiary/aromatic N) is 1. The highest BCUT2D eigenvalue weighted by Gasteiger charge is 2.42. The average Bonchev–Trinajstić information content (AvgIpc) is 2.79. The van der Waals surface area contributed by atoms with Crippen LogP contribution in [0.15, 0.2) is 58.7 Å². The van der Waals surface area contributed by atoms with Crippen LogP contribution in [-0.2, 0) is 15.8 Å². The Hall–Kier alpha value is -3.13. The molecule has 178 valence electrons. The number of nitrogens with one attached hydrogen (secondary N) is 1. The van der Waals surface area contributed by atoms with Crippen LogP contribution < -0.4 is 10.1 Å². The summed E-state index contributed by atoms with van der Waals surface area (Å²) < 4.78 is 44.8. The highest BCUT2D eigenvalue weighted by molar-refractivity contribution is 6.34. The Kier molecular flexibility index (Phi) is 6.53. The van der Waals surface area contributed by atoms with E-state index < -0.39 is 29.5 Å². The fourth-order valence-electron chi connectivity index (χ4n) is 4.53. The summed E-state index contributed by atoms with van der Waals surface area (Å²) in [5.74, 6) is -1.58. The molecule has 0 saturated heterocycles. The highest BCUT2D eigenvalue weighted by Crippen LogP contribution is 2.44. The van der Waals surface area contributed by atoms with Crippen molar-refractivity contribution in [2.75, 3.05) is 12.4 Å². The van der Waals surface area contributed by atoms with E-state index in [9.17, 15) is 22.8 Å². The number of Topliss-reactive ketones (excluding diaryl/α,β-unsaturated/α-hetero) is 1. The van der Waals surface area contributed by atoms with E-state index in [2.05, 4.69) is 10.3 Å². The van der Waals surface area contributed by atoms with Crippen LogP contribution in [0.3, 0.4) is 0 Å². The number of carbonyl (C=O) groups excluding carboxylic acids is 2. The third-order valence-corrected chi connectivity index (χ3v) is 6.47. The van der Waals surface area contributed by atoms with Crippen molar-refractivity contribution >= 4 is 34.7 Å². The topological polar surface area (TPSA) is 67.8 Å². The summed E-state index contributed by atoms with van der Waals surface area (Å²) in [6, 6.07) is 9.79. The van der Waals surface area contributed by atoms with Gasteiger partial charge in [-0.25, -0.2) is 0 Å². The first-order chi connectivity index (χ1) is 16.1. The number of ketones is 1. The lowest BCUT2D eigenvalue weighted by molar-refractivity contribution is -0.137. The van der Waals surface area contributed by atoms with Gasteiger partial charge in [-0.05, 0) is 55.7 Å². The Morgan fingerprint density at radius 2 is 1.85 bits per heavy atom. The highest BCUT2D eigenvalue weighted by atomic mass is 35.5. The molecule has 0 saturated carbocycles. The zero-order valence-corrected chi connectivity index (χ0v) is 19.3. The van der Waals surface area contributed by atoms with Crippen LogP contribution in [-0.4, -0.2) is 24.5 Å². The van der Waals surface area contributed by atoms with Gasteiger partial charge in [-0.1, -0.05) is 23.7 Å². The first-order valence-corrected chi connectivity index (χ1v) is 11.1. The summed E-state index contributed by atoms with van der Waals surface area (Å²) in [5, 5.41) is 2.52. The van der Waals surface area contributed by atoms with Crippen molar-refractivity contribution in [1.82, 2.24) is 0 Å². The van der Waals surface area contributed by atoms with Gasteiger partial charge in [-0.3, -0.25) is 14.6 Å². The number of anilines is 1. The molecule has 0 fully saturated rings. The molecule has 1 aliphatic carbocycles. The van der Waals surface area contributed by atoms with Gasteiger partial charge < -0.3 is 10.1 Å². The summed E-state index contributed by atoms with van der Waals surface area (Å²) in [4.78, 5) is 31.0. The van der Waals surface area contributed by atoms with E-state index in [1.165, 1.54) is 7.11 Å². The molecule has 0 aromatic heterocycles. The summed E-state index contributed by atoms with van der Waals surface area (Å²) in [7, 11) is 1.53. The van der Waals surface area contributed by atoms with Crippen molar-refractivity contribution in [3.05, 3.63) is 69.9 Å². The Labute approximate surface area is 199 Å². The molecule has 0 radical (unpaired) electrons. The maximum Gasteiger partial charge on any atom is 0.416 e. The van der Waals surface area contributed by atoms with Crippen molar-refractivity contribution < 1.29 is 27.5 Å². The van der Waals surface area contributed by atoms with Gasteiger partial charge in [-0.2, -0.15) is 13.2 Å². The van der Waals surface area contributed by atoms with Gasteiger partial charge in [0.25, 0.3) is 0 Å². The summed E-state index contributed by atoms with van der Waals surface area (Å²) in [6.07, 6.45) is -2.93. The minimum absolute atomic E-state index is 0.0265. The predicted octanol–water partition coefficient (Wildman–Crippen LogP) is 6.19. The second kappa shape index (κ2) is 9.25. The molecule has 1 amide bonds. The maximum atomic E-state index is 13.5. The number of ether oxygens (including phenoxy) is 1. The fraction of sp³-hybridized carbons (Fsp3) is 0.320. The number of methoxy groups -OCH3 is 1. The number of hydrogen-bond acceptors (Lipinski definition) is 4. The molecular weight excluding hydrogens is 469 g/mol. The lowest BCUT2D eigenvalue weighted by Crippen LogP contribution is -2.39. The van der Waals surface area contributed by atoms with Gasteiger partial charge >= 0.3 is 6.18 Å². The number of alkyl halides is 3. The third kappa shape index (κ3) is 4.59. The molecular formula is C25H22ClF3N2O3. The molecule has 2 aromatic rings. The number of halogens is 4. The molecule has 5 nitrogen and oxygen atoms in total. The Morgan fingerprint density at radius 1 is 1.15 bits per heavy atom. The largest absolute Gasteiger partial charge is 0.497 e. The lowest BCUT2D eigenvalue weighted by atomic mass is 9.71. The normalized spacial score (nSPS) is 20.5. The van der Waals surface area contributed by atoms with Crippen LogP contribution in [0, 0.1) is 5.92 Å². The molecule has 0 spiro atoms. The van der Waals surface area contributed by atoms with E-state index in [1.54, 1.807) is 31.2 Å². The van der Waals surface area contributed by atoms with E-state index in [0.29, 0.717) is 47.6 Å². The van der Waals surface area contributed by atoms with Crippen molar-refractivity contribution in [1.29, 1.82) is 0 Å². The quantitative estimate of drug-likeness (QED) is 0.556. The first-order valence-electron chi connectivity index (χ1n) is 10.7. The number of rotatable bonds is 4. The van der Waals surface area contributed by atoms with Crippen molar-refractivity contribution in [2.45, 2.75) is 38.3 Å². The van der Waals surface area contributed by atoms with Gasteiger partial charge in [0.05, 0.1) is 29.3 Å². The maximum absolute atomic E-state index is 13.5. The number of benzene rings is 2. The monoisotopic (exact) mass is 490 g/mol. The SMILES string of the molecule is COc1ccc([C@@H]2C3=C(CCCC3=O)N=C(C)C2C(=O)Nc2cc(C(F)(F)F)ccc2Cl)cc1. The standard InChI is InChI=1S/C25H22ClF3N2O3/c1-13-21(24(33)31-19-12-15(25(27,28)29)8-11-17(19)26)22(14-6-9-16(34-2)10-7-14)23-18(30-13)4-3-5-20(23)32/h6-12,21-22H,3-5H2,1-2H3,(H,31,33)/t21?,22-/m0/s1. The number of hydrogen-bond donors (Lipinski definition) is 1. The number of aliphatic imine (C=N–C) groups is 1. The van der Waals surface area contributed by atoms with Crippen LogP contribution in [0.5, 0.6) is 5.75 Å². The van der Waals surface area contributed by atoms with Crippen molar-refractivity contribution in [3.63, 3.8) is 0 Å². The molecule has 34 heavy (non-hydrogen) atoms. The predicted molar refractivity (Wildman–Crippen MR) is 123 cm³/mol. The zero-order valence-electron chi connectivity index (χ0n) is 18.5. The van der Waals surface area contributed by atoms with Gasteiger partial charge in [0.2, 0.25) is 5.91 Å². The van der Waals surface area contributed by atoms with Gasteiger partial charge in [0.1, 0.15) is 5.75 Å². The van der Waals surface area contributed by atoms with E-state index in [4.69, 9.17) is 16.3 Å². The van der Waals surface area contributed by atoms with Crippen LogP contribution in [0.4, 0.5) is 18.9 Å². The van der Waals surface area contributed by atoms with Gasteiger partial charge in [0, 0.05) is 29.3 Å². The first kappa shape index (κ1) is 24.0. The molecule has 2 aromatic carbocycles. The van der Waals surface area contributed by atoms with E-state index in [0.717, 1.165) is 18.2 Å². The average molecular weight is 491 g/mol. The Balaban J connectivity index is 1.76. The number of allylic oxidation sites excluding steroid dienone is 2. The van der Waals surface area contributed by atoms with Crippen molar-refractivity contribution in [2.24, 2.45) is 10.9 Å². The number of carbonyl (C=O) groups is 2. The van der Waals surface area contributed by atoms with Crippen LogP contribution >= 0.6 is 11.6 Å². The van der Waals surface area contributed by atoms with Crippen LogP contribution in [0.25, 0.3) is 0 Å². The van der Waals surface area contributed by atoms with Gasteiger partial charge in [-0.15, -0.1) is 0 Å². The van der Waals surface area contributed by atoms with Crippen LogP contribution in [0.2, 0.25) is 5.02 Å². The van der Waals surface area contributed by atoms with E-state index >= 15 is 0 Å². The minimum Gasteiger partial charge on any atom is -0.497 e. The van der Waals surface area contributed by atoms with Crippen LogP contribution in [0.1, 0.15) is 43.2 Å². The molecule has 9 heteroatoms. The summed E-state index contributed by atoms with van der Waals surface area (Å²) in [6.45, 7) is 1.69. The third-order valence-electron chi connectivity index (χ3n) is 6.14. The second-order valence-electron chi connectivity index (χ2n) is 8.30.